The number of hydrogen-bond acceptors (Lipinski definition) is 0. The lowest BCUT2D eigenvalue weighted by atomic mass is 10.0. The van der Waals surface area contributed by atoms with Crippen molar-refractivity contribution in [3.8, 4) is 0 Å². The summed E-state index contributed by atoms with van der Waals surface area (Å²) < 4.78 is 0. The maximum atomic E-state index is 2.53. The minimum atomic E-state index is 0.890. The first-order chi connectivity index (χ1) is 8.77. The van der Waals surface area contributed by atoms with Gasteiger partial charge in [-0.25, -0.2) is 0 Å². The molecule has 0 saturated heterocycles. The van der Waals surface area contributed by atoms with E-state index in [1.807, 2.05) is 0 Å². The maximum absolute atomic E-state index is 2.53. The van der Waals surface area contributed by atoms with Crippen LogP contribution in [-0.4, -0.2) is 0 Å². The molecule has 0 heterocycles. The Morgan fingerprint density at radius 2 is 1.17 bits per heavy atom. The van der Waals surface area contributed by atoms with Gasteiger partial charge in [-0.3, -0.25) is 0 Å². The Morgan fingerprint density at radius 1 is 0.667 bits per heavy atom. The Hall–Kier alpha value is 0. The highest BCUT2D eigenvalue weighted by Crippen LogP contribution is 2.13. The lowest BCUT2D eigenvalue weighted by Crippen LogP contribution is -1.87. The van der Waals surface area contributed by atoms with Gasteiger partial charge in [0, 0.05) is 0 Å². The third-order valence-corrected chi connectivity index (χ3v) is 3.70. The molecule has 109 valence electrons. The Bertz CT molecular complexity index is 137. The topological polar surface area (TPSA) is 0 Å². The fraction of sp³-hybridized carbons (Fsp3) is 0.944. The molecule has 0 N–H and O–H groups in total. The van der Waals surface area contributed by atoms with Crippen LogP contribution in [0.3, 0.4) is 0 Å². The molecule has 0 aromatic heterocycles. The van der Waals surface area contributed by atoms with Crippen LogP contribution in [0.25, 0.3) is 0 Å². The van der Waals surface area contributed by atoms with Gasteiger partial charge < -0.3 is 0 Å². The van der Waals surface area contributed by atoms with Gasteiger partial charge in [-0.15, -0.1) is 0 Å². The molecule has 0 nitrogen and oxygen atoms in total. The summed E-state index contributed by atoms with van der Waals surface area (Å²) in [5.74, 6) is 0.890. The molecule has 0 bridgehead atoms. The smallest absolute Gasteiger partial charge is 0.0386 e. The highest BCUT2D eigenvalue weighted by Gasteiger charge is 1.95. The molecule has 1 radical (unpaired) electrons. The summed E-state index contributed by atoms with van der Waals surface area (Å²) in [6, 6.07) is 0. The first-order valence-electron chi connectivity index (χ1n) is 8.59. The summed E-state index contributed by atoms with van der Waals surface area (Å²) in [5.41, 5.74) is 0. The minimum Gasteiger partial charge on any atom is -0.0654 e. The second-order valence-electron chi connectivity index (χ2n) is 6.23. The predicted molar refractivity (Wildman–Crippen MR) is 84.8 cm³/mol. The average molecular weight is 253 g/mol. The maximum Gasteiger partial charge on any atom is -0.0386 e. The molecule has 0 aliphatic carbocycles. The van der Waals surface area contributed by atoms with E-state index in [1.54, 1.807) is 0 Å². The first-order valence-corrected chi connectivity index (χ1v) is 8.59. The van der Waals surface area contributed by atoms with Crippen LogP contribution in [0.2, 0.25) is 0 Å². The molecule has 0 fully saturated rings. The van der Waals surface area contributed by atoms with Crippen LogP contribution in [0.5, 0.6) is 0 Å². The molecule has 0 spiro atoms. The van der Waals surface area contributed by atoms with Crippen LogP contribution in [0.4, 0.5) is 0 Å². The van der Waals surface area contributed by atoms with E-state index in [-0.39, 0.29) is 0 Å². The van der Waals surface area contributed by atoms with Gasteiger partial charge >= 0.3 is 0 Å². The fourth-order valence-corrected chi connectivity index (χ4v) is 2.41. The summed E-state index contributed by atoms with van der Waals surface area (Å²) in [6.07, 6.45) is 21.0. The largest absolute Gasteiger partial charge is 0.0654 e. The summed E-state index contributed by atoms with van der Waals surface area (Å²) in [4.78, 5) is 0. The van der Waals surface area contributed by atoms with Gasteiger partial charge in [-0.05, 0) is 12.3 Å². The molecule has 0 amide bonds. The number of unbranched alkanes of at least 4 members (excludes halogenated alkanes) is 12. The summed E-state index contributed by atoms with van der Waals surface area (Å²) >= 11 is 0. The highest BCUT2D eigenvalue weighted by atomic mass is 14.0. The van der Waals surface area contributed by atoms with Crippen molar-refractivity contribution in [2.45, 2.75) is 104 Å². The van der Waals surface area contributed by atoms with Crippen LogP contribution >= 0.6 is 0 Å². The van der Waals surface area contributed by atoms with Crippen molar-refractivity contribution >= 4 is 0 Å². The minimum absolute atomic E-state index is 0.890. The van der Waals surface area contributed by atoms with Gasteiger partial charge in [0.1, 0.15) is 0 Å². The second-order valence-corrected chi connectivity index (χ2v) is 6.23. The van der Waals surface area contributed by atoms with E-state index in [4.69, 9.17) is 0 Å². The number of hydrogen-bond donors (Lipinski definition) is 0. The van der Waals surface area contributed by atoms with Crippen molar-refractivity contribution in [3.05, 3.63) is 6.42 Å². The lowest BCUT2D eigenvalue weighted by molar-refractivity contribution is 0.523. The van der Waals surface area contributed by atoms with Crippen molar-refractivity contribution in [2.75, 3.05) is 0 Å². The second kappa shape index (κ2) is 15.1. The van der Waals surface area contributed by atoms with Crippen molar-refractivity contribution < 1.29 is 0 Å². The van der Waals surface area contributed by atoms with Gasteiger partial charge in [0.2, 0.25) is 0 Å². The SMILES string of the molecule is CCCCCCCCC[CH]CCCCCC(C)C. The van der Waals surface area contributed by atoms with E-state index in [1.165, 1.54) is 83.5 Å². The van der Waals surface area contributed by atoms with E-state index in [0.717, 1.165) is 5.92 Å². The Labute approximate surface area is 117 Å². The normalized spacial score (nSPS) is 11.3. The summed E-state index contributed by atoms with van der Waals surface area (Å²) in [5, 5.41) is 0. The summed E-state index contributed by atoms with van der Waals surface area (Å²) in [7, 11) is 0. The zero-order chi connectivity index (χ0) is 13.5. The molecular formula is C18H37. The Kier molecular flexibility index (Phi) is 15.1. The zero-order valence-corrected chi connectivity index (χ0v) is 13.3. The van der Waals surface area contributed by atoms with Gasteiger partial charge in [0.05, 0.1) is 0 Å². The van der Waals surface area contributed by atoms with E-state index < -0.39 is 0 Å². The lowest BCUT2D eigenvalue weighted by Gasteiger charge is -2.04. The van der Waals surface area contributed by atoms with Gasteiger partial charge in [-0.1, -0.05) is 104 Å². The van der Waals surface area contributed by atoms with E-state index >= 15 is 0 Å². The van der Waals surface area contributed by atoms with Crippen molar-refractivity contribution in [1.29, 1.82) is 0 Å². The molecule has 0 rings (SSSR count). The monoisotopic (exact) mass is 253 g/mol. The van der Waals surface area contributed by atoms with Crippen molar-refractivity contribution in [1.82, 2.24) is 0 Å². The highest BCUT2D eigenvalue weighted by molar-refractivity contribution is 4.64. The van der Waals surface area contributed by atoms with Gasteiger partial charge in [0.25, 0.3) is 0 Å². The van der Waals surface area contributed by atoms with E-state index in [0.29, 0.717) is 0 Å². The average Bonchev–Trinajstić information content (AvgIpc) is 2.34. The molecule has 0 saturated carbocycles. The van der Waals surface area contributed by atoms with Crippen molar-refractivity contribution in [2.24, 2.45) is 5.92 Å². The molecule has 0 atom stereocenters. The summed E-state index contributed by atoms with van der Waals surface area (Å²) in [6.45, 7) is 6.94. The molecule has 0 aromatic carbocycles. The molecular weight excluding hydrogens is 216 g/mol. The third-order valence-electron chi connectivity index (χ3n) is 3.70. The standard InChI is InChI=1S/C18H37/c1-4-5-6-7-8-9-10-11-12-13-14-15-16-17-18(2)3/h12,18H,4-11,13-17H2,1-3H3. The Balaban J connectivity index is 2.90. The predicted octanol–water partition coefficient (Wildman–Crippen LogP) is 6.94. The van der Waals surface area contributed by atoms with Crippen LogP contribution < -0.4 is 0 Å². The zero-order valence-electron chi connectivity index (χ0n) is 13.3. The van der Waals surface area contributed by atoms with Crippen LogP contribution in [0.15, 0.2) is 0 Å². The molecule has 18 heavy (non-hydrogen) atoms. The van der Waals surface area contributed by atoms with Gasteiger partial charge in [0.15, 0.2) is 0 Å². The van der Waals surface area contributed by atoms with Crippen LogP contribution in [0, 0.1) is 12.3 Å². The molecule has 0 heteroatoms. The molecule has 0 aromatic rings. The van der Waals surface area contributed by atoms with Crippen molar-refractivity contribution in [3.63, 3.8) is 0 Å². The molecule has 0 unspecified atom stereocenters. The van der Waals surface area contributed by atoms with E-state index in [9.17, 15) is 0 Å². The van der Waals surface area contributed by atoms with Crippen LogP contribution in [0.1, 0.15) is 104 Å². The third kappa shape index (κ3) is 16.0. The van der Waals surface area contributed by atoms with Gasteiger partial charge in [-0.2, -0.15) is 0 Å². The fourth-order valence-electron chi connectivity index (χ4n) is 2.41. The Morgan fingerprint density at radius 3 is 1.72 bits per heavy atom. The van der Waals surface area contributed by atoms with E-state index in [2.05, 4.69) is 27.2 Å². The first kappa shape index (κ1) is 18.0. The quantitative estimate of drug-likeness (QED) is 0.294. The number of rotatable bonds is 14. The molecule has 0 aliphatic heterocycles. The van der Waals surface area contributed by atoms with Crippen LogP contribution in [-0.2, 0) is 0 Å². The molecule has 0 aliphatic rings.